The Morgan fingerprint density at radius 1 is 1.10 bits per heavy atom. The fourth-order valence-corrected chi connectivity index (χ4v) is 2.72. The summed E-state index contributed by atoms with van der Waals surface area (Å²) in [4.78, 5) is 23.5. The van der Waals surface area contributed by atoms with Crippen LogP contribution in [0.1, 0.15) is 53.7 Å². The van der Waals surface area contributed by atoms with Crippen molar-refractivity contribution in [1.29, 1.82) is 0 Å². The van der Waals surface area contributed by atoms with Crippen LogP contribution in [0, 0.1) is 11.8 Å². The van der Waals surface area contributed by atoms with Crippen molar-refractivity contribution in [2.24, 2.45) is 5.73 Å². The molecule has 5 nitrogen and oxygen atoms in total. The van der Waals surface area contributed by atoms with Gasteiger partial charge in [-0.1, -0.05) is 24.0 Å². The number of hydrogen-bond donors (Lipinski definition) is 3. The fraction of sp³-hybridized carbons (Fsp3) is 0.333. The zero-order chi connectivity index (χ0) is 20.9. The lowest BCUT2D eigenvalue weighted by Crippen LogP contribution is -2.55. The predicted molar refractivity (Wildman–Crippen MR) is 114 cm³/mol. The maximum Gasteiger partial charge on any atom is 0.251 e. The van der Waals surface area contributed by atoms with Crippen molar-refractivity contribution in [1.82, 2.24) is 10.6 Å². The summed E-state index contributed by atoms with van der Waals surface area (Å²) < 4.78 is 0. The number of carbonyl (C=O) groups is 2. The number of amides is 1. The molecule has 150 valence electrons. The van der Waals surface area contributed by atoms with Crippen LogP contribution in [0.5, 0.6) is 0 Å². The molecule has 3 rings (SSSR count). The second-order valence-electron chi connectivity index (χ2n) is 8.09. The molecule has 2 aromatic rings. The Morgan fingerprint density at radius 3 is 2.14 bits per heavy atom. The van der Waals surface area contributed by atoms with E-state index < -0.39 is 11.6 Å². The second-order valence-corrected chi connectivity index (χ2v) is 8.09. The van der Waals surface area contributed by atoms with Crippen LogP contribution in [-0.4, -0.2) is 29.8 Å². The quantitative estimate of drug-likeness (QED) is 0.501. The average Bonchev–Trinajstić information content (AvgIpc) is 3.53. The fourth-order valence-electron chi connectivity index (χ4n) is 2.72. The van der Waals surface area contributed by atoms with Gasteiger partial charge in [-0.05, 0) is 68.7 Å². The first-order chi connectivity index (χ1) is 13.8. The number of aldehydes is 1. The minimum Gasteiger partial charge on any atom is -0.341 e. The van der Waals surface area contributed by atoms with Crippen molar-refractivity contribution < 1.29 is 9.59 Å². The van der Waals surface area contributed by atoms with Gasteiger partial charge in [-0.2, -0.15) is 0 Å². The molecule has 1 amide bonds. The first-order valence-corrected chi connectivity index (χ1v) is 9.84. The van der Waals surface area contributed by atoms with Gasteiger partial charge in [0, 0.05) is 34.8 Å². The summed E-state index contributed by atoms with van der Waals surface area (Å²) >= 11 is 0. The van der Waals surface area contributed by atoms with E-state index in [4.69, 9.17) is 5.73 Å². The molecule has 5 heteroatoms. The molecule has 1 saturated carbocycles. The summed E-state index contributed by atoms with van der Waals surface area (Å²) in [6.07, 6.45) is 3.23. The largest absolute Gasteiger partial charge is 0.341 e. The van der Waals surface area contributed by atoms with E-state index in [2.05, 4.69) is 34.6 Å². The number of carbonyl (C=O) groups excluding carboxylic acids is 2. The maximum atomic E-state index is 12.3. The normalized spacial score (nSPS) is 14.4. The topological polar surface area (TPSA) is 84.2 Å². The van der Waals surface area contributed by atoms with Gasteiger partial charge in [-0.25, -0.2) is 0 Å². The highest BCUT2D eigenvalue weighted by atomic mass is 16.2. The Morgan fingerprint density at radius 2 is 1.66 bits per heavy atom. The van der Waals surface area contributed by atoms with E-state index in [1.165, 1.54) is 18.4 Å². The van der Waals surface area contributed by atoms with Crippen LogP contribution in [0.2, 0.25) is 0 Å². The molecule has 0 radical (unpaired) electrons. The Hall–Kier alpha value is -2.94. The minimum absolute atomic E-state index is 0.337. The molecular weight excluding hydrogens is 362 g/mol. The van der Waals surface area contributed by atoms with Crippen LogP contribution in [0.4, 0.5) is 0 Å². The molecule has 1 fully saturated rings. The van der Waals surface area contributed by atoms with Crippen molar-refractivity contribution in [3.8, 4) is 11.8 Å². The second kappa shape index (κ2) is 9.04. The number of benzene rings is 2. The van der Waals surface area contributed by atoms with Crippen molar-refractivity contribution in [2.45, 2.75) is 50.9 Å². The molecule has 0 aromatic heterocycles. The van der Waals surface area contributed by atoms with Gasteiger partial charge in [0.15, 0.2) is 0 Å². The summed E-state index contributed by atoms with van der Waals surface area (Å²) in [7, 11) is 0. The lowest BCUT2D eigenvalue weighted by molar-refractivity contribution is -0.110. The molecule has 1 aliphatic rings. The van der Waals surface area contributed by atoms with E-state index in [1.807, 2.05) is 12.1 Å². The lowest BCUT2D eigenvalue weighted by atomic mass is 9.97. The standard InChI is InChI=1S/C24H27N3O2/c1-24(2,25)22(16-28)27-23(29)20-11-9-18(10-12-20)4-3-17-5-7-19(8-6-17)15-26-21-13-14-21/h5-12,16,21-22,26H,13-15,25H2,1-2H3,(H,27,29). The summed E-state index contributed by atoms with van der Waals surface area (Å²) in [6.45, 7) is 4.29. The molecule has 0 bridgehead atoms. The van der Waals surface area contributed by atoms with Crippen molar-refractivity contribution in [2.75, 3.05) is 0 Å². The Labute approximate surface area is 172 Å². The third kappa shape index (κ3) is 6.28. The summed E-state index contributed by atoms with van der Waals surface area (Å²) in [5.41, 5.74) is 8.55. The molecular formula is C24H27N3O2. The third-order valence-corrected chi connectivity index (χ3v) is 4.85. The zero-order valence-electron chi connectivity index (χ0n) is 16.9. The van der Waals surface area contributed by atoms with E-state index in [0.29, 0.717) is 17.9 Å². The molecule has 1 aliphatic carbocycles. The number of rotatable bonds is 7. The van der Waals surface area contributed by atoms with Gasteiger partial charge in [0.1, 0.15) is 12.3 Å². The summed E-state index contributed by atoms with van der Waals surface area (Å²) in [6, 6.07) is 15.1. The van der Waals surface area contributed by atoms with E-state index in [0.717, 1.165) is 17.7 Å². The highest BCUT2D eigenvalue weighted by molar-refractivity contribution is 5.96. The van der Waals surface area contributed by atoms with Gasteiger partial charge < -0.3 is 21.2 Å². The molecule has 0 spiro atoms. The van der Waals surface area contributed by atoms with Gasteiger partial charge >= 0.3 is 0 Å². The minimum atomic E-state index is -0.827. The van der Waals surface area contributed by atoms with E-state index in [1.54, 1.807) is 38.1 Å². The molecule has 2 aromatic carbocycles. The van der Waals surface area contributed by atoms with Crippen molar-refractivity contribution in [3.05, 3.63) is 70.8 Å². The Balaban J connectivity index is 1.59. The molecule has 0 saturated heterocycles. The average molecular weight is 389 g/mol. The van der Waals surface area contributed by atoms with Crippen LogP contribution in [-0.2, 0) is 11.3 Å². The predicted octanol–water partition coefficient (Wildman–Crippen LogP) is 2.37. The third-order valence-electron chi connectivity index (χ3n) is 4.85. The Kier molecular flexibility index (Phi) is 6.48. The van der Waals surface area contributed by atoms with Crippen LogP contribution >= 0.6 is 0 Å². The molecule has 1 unspecified atom stereocenters. The Bertz CT molecular complexity index is 912. The highest BCUT2D eigenvalue weighted by Crippen LogP contribution is 2.19. The summed E-state index contributed by atoms with van der Waals surface area (Å²) in [5.74, 6) is 5.91. The van der Waals surface area contributed by atoms with Gasteiger partial charge in [-0.3, -0.25) is 4.79 Å². The molecule has 29 heavy (non-hydrogen) atoms. The van der Waals surface area contributed by atoms with Gasteiger partial charge in [0.2, 0.25) is 0 Å². The first-order valence-electron chi connectivity index (χ1n) is 9.84. The van der Waals surface area contributed by atoms with Crippen LogP contribution in [0.3, 0.4) is 0 Å². The molecule has 0 aliphatic heterocycles. The van der Waals surface area contributed by atoms with Gasteiger partial charge in [0.25, 0.3) is 5.91 Å². The van der Waals surface area contributed by atoms with Crippen LogP contribution < -0.4 is 16.4 Å². The smallest absolute Gasteiger partial charge is 0.251 e. The van der Waals surface area contributed by atoms with E-state index in [-0.39, 0.29) is 5.91 Å². The first kappa shape index (κ1) is 20.8. The van der Waals surface area contributed by atoms with E-state index in [9.17, 15) is 9.59 Å². The van der Waals surface area contributed by atoms with Crippen LogP contribution in [0.15, 0.2) is 48.5 Å². The monoisotopic (exact) mass is 389 g/mol. The van der Waals surface area contributed by atoms with E-state index >= 15 is 0 Å². The molecule has 1 atom stereocenters. The molecule has 4 N–H and O–H groups in total. The van der Waals surface area contributed by atoms with Gasteiger partial charge in [-0.15, -0.1) is 0 Å². The van der Waals surface area contributed by atoms with Gasteiger partial charge in [0.05, 0.1) is 0 Å². The summed E-state index contributed by atoms with van der Waals surface area (Å²) in [5, 5.41) is 6.15. The van der Waals surface area contributed by atoms with Crippen molar-refractivity contribution >= 4 is 12.2 Å². The highest BCUT2D eigenvalue weighted by Gasteiger charge is 2.26. The number of nitrogens with two attached hydrogens (primary N) is 1. The SMILES string of the molecule is CC(C)(N)C(C=O)NC(=O)c1ccc(C#Cc2ccc(CNC3CC3)cc2)cc1. The number of nitrogens with one attached hydrogen (secondary N) is 2. The van der Waals surface area contributed by atoms with Crippen molar-refractivity contribution in [3.63, 3.8) is 0 Å². The zero-order valence-corrected chi connectivity index (χ0v) is 16.9. The lowest BCUT2D eigenvalue weighted by Gasteiger charge is -2.26. The number of hydrogen-bond acceptors (Lipinski definition) is 4. The molecule has 0 heterocycles. The van der Waals surface area contributed by atoms with Crippen LogP contribution in [0.25, 0.3) is 0 Å². The maximum absolute atomic E-state index is 12.3.